The number of carbonyl (C=O) groups excluding carboxylic acids is 2. The average Bonchev–Trinajstić information content (AvgIpc) is 2.95. The minimum atomic E-state index is -4.80. The van der Waals surface area contributed by atoms with Gasteiger partial charge in [0.05, 0.1) is 21.2 Å². The lowest BCUT2D eigenvalue weighted by atomic mass is 10.1. The molecule has 0 bridgehead atoms. The first-order valence-corrected chi connectivity index (χ1v) is 15.5. The highest BCUT2D eigenvalue weighted by atomic mass is 79.9. The molecule has 0 radical (unpaired) electrons. The van der Waals surface area contributed by atoms with E-state index in [0.717, 1.165) is 16.6 Å². The number of amides is 2. The molecule has 0 saturated carbocycles. The molecule has 3 aromatic rings. The van der Waals surface area contributed by atoms with E-state index in [-0.39, 0.29) is 22.5 Å². The Morgan fingerprint density at radius 1 is 1.00 bits per heavy atom. The molecule has 0 unspecified atom stereocenters. The van der Waals surface area contributed by atoms with Crippen LogP contribution in [0.15, 0.2) is 82.2 Å². The van der Waals surface area contributed by atoms with Gasteiger partial charge in [0.15, 0.2) is 0 Å². The third-order valence-electron chi connectivity index (χ3n) is 6.59. The summed E-state index contributed by atoms with van der Waals surface area (Å²) in [5.74, 6) is -1.29. The predicted octanol–water partition coefficient (Wildman–Crippen LogP) is 6.65. The fourth-order valence-corrected chi connectivity index (χ4v) is 5.93. The summed E-state index contributed by atoms with van der Waals surface area (Å²) in [5, 5.41) is 2.51. The minimum Gasteiger partial charge on any atom is -0.352 e. The predicted molar refractivity (Wildman–Crippen MR) is 159 cm³/mol. The number of hydrogen-bond acceptors (Lipinski definition) is 4. The van der Waals surface area contributed by atoms with Crippen molar-refractivity contribution >= 4 is 55.1 Å². The molecule has 2 amide bonds. The number of nitrogens with one attached hydrogen (secondary N) is 1. The molecule has 2 atom stereocenters. The summed E-state index contributed by atoms with van der Waals surface area (Å²) in [6, 6.07) is 14.9. The molecule has 0 heterocycles. The smallest absolute Gasteiger partial charge is 0.352 e. The third-order valence-corrected chi connectivity index (χ3v) is 9.21. The highest BCUT2D eigenvalue weighted by Gasteiger charge is 2.36. The number of halogens is 5. The van der Waals surface area contributed by atoms with E-state index in [1.165, 1.54) is 36.1 Å². The Morgan fingerprint density at radius 3 is 2.19 bits per heavy atom. The maximum Gasteiger partial charge on any atom is 0.416 e. The van der Waals surface area contributed by atoms with Crippen molar-refractivity contribution < 1.29 is 31.2 Å². The van der Waals surface area contributed by atoms with Crippen molar-refractivity contribution in [2.24, 2.45) is 0 Å². The Morgan fingerprint density at radius 2 is 1.62 bits per heavy atom. The monoisotopic (exact) mass is 687 g/mol. The molecule has 0 aliphatic rings. The lowest BCUT2D eigenvalue weighted by Crippen LogP contribution is -2.52. The average molecular weight is 689 g/mol. The molecule has 42 heavy (non-hydrogen) atoms. The number of hydrogen-bond donors (Lipinski definition) is 1. The molecule has 0 aliphatic heterocycles. The van der Waals surface area contributed by atoms with Crippen molar-refractivity contribution in [3.63, 3.8) is 0 Å². The molecule has 226 valence electrons. The summed E-state index contributed by atoms with van der Waals surface area (Å²) >= 11 is 9.61. The standard InChI is InChI=1S/C29H30BrClF3N3O4S/c1-4-19(2)35-28(39)20(3)36(17-21-10-13-23(30)14-11-21)27(38)18-37(42(40,41)24-8-6-5-7-9-24)26-16-22(29(32,33)34)12-15-25(26)31/h5-16,19-20H,4,17-18H2,1-3H3,(H,35,39)/t19-,20-/m1/s1. The second kappa shape index (κ2) is 13.9. The van der Waals surface area contributed by atoms with Crippen LogP contribution in [0.4, 0.5) is 18.9 Å². The van der Waals surface area contributed by atoms with Gasteiger partial charge >= 0.3 is 6.18 Å². The van der Waals surface area contributed by atoms with E-state index in [4.69, 9.17) is 11.6 Å². The van der Waals surface area contributed by atoms with Crippen LogP contribution >= 0.6 is 27.5 Å². The van der Waals surface area contributed by atoms with E-state index in [1.54, 1.807) is 37.3 Å². The topological polar surface area (TPSA) is 86.8 Å². The van der Waals surface area contributed by atoms with Crippen LogP contribution in [0.3, 0.4) is 0 Å². The molecule has 0 saturated heterocycles. The molecular weight excluding hydrogens is 659 g/mol. The molecule has 0 spiro atoms. The molecule has 13 heteroatoms. The highest BCUT2D eigenvalue weighted by Crippen LogP contribution is 2.37. The normalized spacial score (nSPS) is 13.2. The van der Waals surface area contributed by atoms with Gasteiger partial charge in [-0.1, -0.05) is 64.8 Å². The van der Waals surface area contributed by atoms with Gasteiger partial charge in [0.1, 0.15) is 12.6 Å². The molecule has 3 rings (SSSR count). The largest absolute Gasteiger partial charge is 0.416 e. The maximum atomic E-state index is 13.9. The lowest BCUT2D eigenvalue weighted by molar-refractivity contribution is -0.139. The van der Waals surface area contributed by atoms with Crippen LogP contribution in [0.25, 0.3) is 0 Å². The maximum absolute atomic E-state index is 13.9. The molecule has 0 fully saturated rings. The Labute approximate surface area is 256 Å². The zero-order chi connectivity index (χ0) is 31.2. The molecular formula is C29H30BrClF3N3O4S. The zero-order valence-electron chi connectivity index (χ0n) is 23.0. The third kappa shape index (κ3) is 8.26. The Kier molecular flexibility index (Phi) is 11.1. The van der Waals surface area contributed by atoms with E-state index in [2.05, 4.69) is 21.2 Å². The van der Waals surface area contributed by atoms with Crippen LogP contribution in [0, 0.1) is 0 Å². The molecule has 0 aromatic heterocycles. The Balaban J connectivity index is 2.11. The summed E-state index contributed by atoms with van der Waals surface area (Å²) < 4.78 is 69.9. The van der Waals surface area contributed by atoms with Crippen LogP contribution in [-0.2, 0) is 32.3 Å². The number of benzene rings is 3. The van der Waals surface area contributed by atoms with Gasteiger partial charge in [-0.05, 0) is 68.3 Å². The first-order valence-electron chi connectivity index (χ1n) is 12.9. The van der Waals surface area contributed by atoms with Gasteiger partial charge in [0, 0.05) is 17.1 Å². The van der Waals surface area contributed by atoms with Gasteiger partial charge < -0.3 is 10.2 Å². The minimum absolute atomic E-state index is 0.0727. The van der Waals surface area contributed by atoms with E-state index in [9.17, 15) is 31.2 Å². The van der Waals surface area contributed by atoms with Crippen molar-refractivity contribution in [1.29, 1.82) is 0 Å². The molecule has 7 nitrogen and oxygen atoms in total. The highest BCUT2D eigenvalue weighted by molar-refractivity contribution is 9.10. The van der Waals surface area contributed by atoms with Gasteiger partial charge in [-0.2, -0.15) is 13.2 Å². The van der Waals surface area contributed by atoms with Crippen molar-refractivity contribution in [3.8, 4) is 0 Å². The van der Waals surface area contributed by atoms with E-state index in [1.807, 2.05) is 6.92 Å². The Bertz CT molecular complexity index is 1510. The Hall–Kier alpha value is -3.09. The molecule has 3 aromatic carbocycles. The SMILES string of the molecule is CC[C@@H](C)NC(=O)[C@@H](C)N(Cc1ccc(Br)cc1)C(=O)CN(c1cc(C(F)(F)F)ccc1Cl)S(=O)(=O)c1ccccc1. The van der Waals surface area contributed by atoms with Crippen molar-refractivity contribution in [2.75, 3.05) is 10.8 Å². The van der Waals surface area contributed by atoms with Gasteiger partial charge in [-0.25, -0.2) is 8.42 Å². The van der Waals surface area contributed by atoms with Crippen LogP contribution in [0.1, 0.15) is 38.3 Å². The van der Waals surface area contributed by atoms with Gasteiger partial charge in [0.25, 0.3) is 10.0 Å². The summed E-state index contributed by atoms with van der Waals surface area (Å²) in [6.07, 6.45) is -4.17. The van der Waals surface area contributed by atoms with Crippen LogP contribution in [0.2, 0.25) is 5.02 Å². The van der Waals surface area contributed by atoms with Crippen molar-refractivity contribution in [1.82, 2.24) is 10.2 Å². The van der Waals surface area contributed by atoms with Crippen LogP contribution in [0.5, 0.6) is 0 Å². The number of alkyl halides is 3. The van der Waals surface area contributed by atoms with Crippen molar-refractivity contribution in [2.45, 2.75) is 56.9 Å². The van der Waals surface area contributed by atoms with Gasteiger partial charge in [-0.3, -0.25) is 13.9 Å². The zero-order valence-corrected chi connectivity index (χ0v) is 26.2. The number of carbonyl (C=O) groups is 2. The second-order valence-electron chi connectivity index (χ2n) is 9.63. The number of sulfonamides is 1. The summed E-state index contributed by atoms with van der Waals surface area (Å²) in [7, 11) is -4.59. The van der Waals surface area contributed by atoms with Crippen molar-refractivity contribution in [3.05, 3.63) is 93.4 Å². The fraction of sp³-hybridized carbons (Fsp3) is 0.310. The number of nitrogens with zero attached hydrogens (tertiary/aromatic N) is 2. The summed E-state index contributed by atoms with van der Waals surface area (Å²) in [6.45, 7) is 4.19. The summed E-state index contributed by atoms with van der Waals surface area (Å²) in [4.78, 5) is 28.0. The molecule has 1 N–H and O–H groups in total. The van der Waals surface area contributed by atoms with Crippen LogP contribution < -0.4 is 9.62 Å². The lowest BCUT2D eigenvalue weighted by Gasteiger charge is -2.33. The second-order valence-corrected chi connectivity index (χ2v) is 12.8. The summed E-state index contributed by atoms with van der Waals surface area (Å²) in [5.41, 5.74) is -1.02. The van der Waals surface area contributed by atoms with E-state index in [0.29, 0.717) is 22.4 Å². The fourth-order valence-electron chi connectivity index (χ4n) is 3.95. The number of anilines is 1. The number of rotatable bonds is 11. The van der Waals surface area contributed by atoms with Crippen LogP contribution in [-0.4, -0.2) is 43.8 Å². The first-order chi connectivity index (χ1) is 19.6. The quantitative estimate of drug-likeness (QED) is 0.245. The van der Waals surface area contributed by atoms with Gasteiger partial charge in [-0.15, -0.1) is 0 Å². The van der Waals surface area contributed by atoms with E-state index < -0.39 is 51.9 Å². The van der Waals surface area contributed by atoms with Gasteiger partial charge in [0.2, 0.25) is 11.8 Å². The van der Waals surface area contributed by atoms with E-state index >= 15 is 0 Å². The first kappa shape index (κ1) is 33.4. The molecule has 0 aliphatic carbocycles.